The fourth-order valence-electron chi connectivity index (χ4n) is 2.14. The minimum atomic E-state index is -0.997. The molecule has 0 spiro atoms. The van der Waals surface area contributed by atoms with Crippen molar-refractivity contribution in [2.24, 2.45) is 0 Å². The summed E-state index contributed by atoms with van der Waals surface area (Å²) in [5.41, 5.74) is 1.74. The van der Waals surface area contributed by atoms with Crippen LogP contribution in [-0.2, 0) is 6.61 Å². The minimum absolute atomic E-state index is 0.138. The van der Waals surface area contributed by atoms with Gasteiger partial charge >= 0.3 is 5.97 Å². The van der Waals surface area contributed by atoms with E-state index in [1.165, 1.54) is 0 Å². The predicted molar refractivity (Wildman–Crippen MR) is 81.0 cm³/mol. The van der Waals surface area contributed by atoms with E-state index in [1.807, 2.05) is 30.3 Å². The molecule has 0 aliphatic heterocycles. The molecule has 3 aromatic rings. The zero-order valence-electron chi connectivity index (χ0n) is 11.0. The first kappa shape index (κ1) is 13.5. The lowest BCUT2D eigenvalue weighted by atomic mass is 10.2. The molecule has 21 heavy (non-hydrogen) atoms. The number of carboxylic acid groups (broad SMARTS) is 1. The van der Waals surface area contributed by atoms with Crippen LogP contribution in [0.1, 0.15) is 16.1 Å². The number of carbonyl (C=O) groups is 1. The van der Waals surface area contributed by atoms with E-state index in [1.54, 1.807) is 18.2 Å². The first-order valence-corrected chi connectivity index (χ1v) is 6.74. The van der Waals surface area contributed by atoms with Gasteiger partial charge in [0, 0.05) is 21.5 Å². The number of halogens is 1. The Morgan fingerprint density at radius 1 is 1.19 bits per heavy atom. The normalized spacial score (nSPS) is 10.7. The molecular formula is C16H12ClNO3. The van der Waals surface area contributed by atoms with E-state index in [2.05, 4.69) is 4.98 Å². The lowest BCUT2D eigenvalue weighted by Crippen LogP contribution is -1.96. The maximum absolute atomic E-state index is 11.0. The third kappa shape index (κ3) is 2.71. The summed E-state index contributed by atoms with van der Waals surface area (Å²) in [5, 5.41) is 10.4. The summed E-state index contributed by atoms with van der Waals surface area (Å²) in [6.07, 6.45) is 0. The number of rotatable bonds is 4. The van der Waals surface area contributed by atoms with Gasteiger partial charge in [0.05, 0.1) is 0 Å². The van der Waals surface area contributed by atoms with Crippen molar-refractivity contribution >= 4 is 28.5 Å². The van der Waals surface area contributed by atoms with Gasteiger partial charge in [0.2, 0.25) is 0 Å². The molecule has 0 amide bonds. The van der Waals surface area contributed by atoms with E-state index in [4.69, 9.17) is 21.4 Å². The van der Waals surface area contributed by atoms with Gasteiger partial charge in [0.15, 0.2) is 0 Å². The molecule has 0 radical (unpaired) electrons. The summed E-state index contributed by atoms with van der Waals surface area (Å²) in [6, 6.07) is 14.4. The molecule has 1 aromatic heterocycles. The molecule has 0 saturated heterocycles. The first-order chi connectivity index (χ1) is 10.1. The number of ether oxygens (including phenoxy) is 1. The molecule has 0 unspecified atom stereocenters. The molecule has 0 saturated carbocycles. The number of aromatic carboxylic acids is 1. The summed E-state index contributed by atoms with van der Waals surface area (Å²) in [7, 11) is 0. The summed E-state index contributed by atoms with van der Waals surface area (Å²) in [4.78, 5) is 13.9. The molecule has 0 aliphatic carbocycles. The van der Waals surface area contributed by atoms with Crippen molar-refractivity contribution in [1.29, 1.82) is 0 Å². The third-order valence-electron chi connectivity index (χ3n) is 3.20. The average Bonchev–Trinajstić information content (AvgIpc) is 2.91. The van der Waals surface area contributed by atoms with Crippen LogP contribution in [0.5, 0.6) is 5.75 Å². The second-order valence-electron chi connectivity index (χ2n) is 4.59. The number of carboxylic acids is 1. The molecule has 0 atom stereocenters. The Bertz CT molecular complexity index is 810. The van der Waals surface area contributed by atoms with Crippen LogP contribution in [-0.4, -0.2) is 16.1 Å². The molecule has 5 heteroatoms. The minimum Gasteiger partial charge on any atom is -0.488 e. The van der Waals surface area contributed by atoms with Gasteiger partial charge in [0.25, 0.3) is 0 Å². The van der Waals surface area contributed by atoms with Gasteiger partial charge in [-0.05, 0) is 24.3 Å². The number of H-pyrrole nitrogens is 1. The first-order valence-electron chi connectivity index (χ1n) is 6.36. The maximum atomic E-state index is 11.0. The van der Waals surface area contributed by atoms with E-state index in [0.29, 0.717) is 17.4 Å². The molecule has 3 rings (SSSR count). The van der Waals surface area contributed by atoms with Gasteiger partial charge in [-0.1, -0.05) is 35.9 Å². The zero-order valence-corrected chi connectivity index (χ0v) is 11.7. The molecule has 2 N–H and O–H groups in total. The number of aromatic nitrogens is 1. The molecule has 1 heterocycles. The average molecular weight is 302 g/mol. The van der Waals surface area contributed by atoms with Crippen LogP contribution in [0.15, 0.2) is 48.5 Å². The number of hydrogen-bond acceptors (Lipinski definition) is 2. The Morgan fingerprint density at radius 2 is 2.00 bits per heavy atom. The highest BCUT2D eigenvalue weighted by Crippen LogP contribution is 2.28. The molecule has 4 nitrogen and oxygen atoms in total. The number of aromatic amines is 1. The lowest BCUT2D eigenvalue weighted by Gasteiger charge is -2.08. The van der Waals surface area contributed by atoms with Crippen molar-refractivity contribution in [3.05, 3.63) is 64.8 Å². The summed E-state index contributed by atoms with van der Waals surface area (Å²) in [5.74, 6) is -0.376. The Balaban J connectivity index is 1.90. The SMILES string of the molecule is O=C(O)c1cc2c(OCc3ccccc3Cl)cccc2[nH]1. The molecule has 2 aromatic carbocycles. The van der Waals surface area contributed by atoms with Crippen LogP contribution < -0.4 is 4.74 Å². The van der Waals surface area contributed by atoms with Crippen LogP contribution >= 0.6 is 11.6 Å². The van der Waals surface area contributed by atoms with E-state index >= 15 is 0 Å². The van der Waals surface area contributed by atoms with Gasteiger partial charge in [-0.25, -0.2) is 4.79 Å². The standard InChI is InChI=1S/C16H12ClNO3/c17-12-5-2-1-4-10(12)9-21-15-7-3-6-13-11(15)8-14(18-13)16(19)20/h1-8,18H,9H2,(H,19,20). The number of benzene rings is 2. The smallest absolute Gasteiger partial charge is 0.352 e. The Kier molecular flexibility index (Phi) is 3.54. The van der Waals surface area contributed by atoms with Gasteiger partial charge < -0.3 is 14.8 Å². The highest BCUT2D eigenvalue weighted by Gasteiger charge is 2.11. The fourth-order valence-corrected chi connectivity index (χ4v) is 2.33. The van der Waals surface area contributed by atoms with Crippen LogP contribution in [0.3, 0.4) is 0 Å². The van der Waals surface area contributed by atoms with Gasteiger partial charge in [0.1, 0.15) is 18.1 Å². The number of fused-ring (bicyclic) bond motifs is 1. The summed E-state index contributed by atoms with van der Waals surface area (Å²) in [6.45, 7) is 0.326. The topological polar surface area (TPSA) is 62.3 Å². The van der Waals surface area contributed by atoms with Gasteiger partial charge in [-0.2, -0.15) is 0 Å². The van der Waals surface area contributed by atoms with Crippen LogP contribution in [0.4, 0.5) is 0 Å². The van der Waals surface area contributed by atoms with E-state index in [9.17, 15) is 4.79 Å². The third-order valence-corrected chi connectivity index (χ3v) is 3.56. The van der Waals surface area contributed by atoms with Crippen LogP contribution in [0.25, 0.3) is 10.9 Å². The van der Waals surface area contributed by atoms with Gasteiger partial charge in [-0.15, -0.1) is 0 Å². The maximum Gasteiger partial charge on any atom is 0.352 e. The Hall–Kier alpha value is -2.46. The summed E-state index contributed by atoms with van der Waals surface area (Å²) >= 11 is 6.09. The monoisotopic (exact) mass is 301 g/mol. The van der Waals surface area contributed by atoms with E-state index < -0.39 is 5.97 Å². The zero-order chi connectivity index (χ0) is 14.8. The number of nitrogens with one attached hydrogen (secondary N) is 1. The van der Waals surface area contributed by atoms with E-state index in [0.717, 1.165) is 16.5 Å². The Morgan fingerprint density at radius 3 is 2.76 bits per heavy atom. The van der Waals surface area contributed by atoms with Crippen molar-refractivity contribution in [2.45, 2.75) is 6.61 Å². The van der Waals surface area contributed by atoms with Crippen molar-refractivity contribution in [2.75, 3.05) is 0 Å². The van der Waals surface area contributed by atoms with E-state index in [-0.39, 0.29) is 5.69 Å². The van der Waals surface area contributed by atoms with Crippen molar-refractivity contribution in [3.8, 4) is 5.75 Å². The molecule has 0 fully saturated rings. The van der Waals surface area contributed by atoms with Crippen molar-refractivity contribution in [1.82, 2.24) is 4.98 Å². The second kappa shape index (κ2) is 5.50. The molecule has 0 aliphatic rings. The van der Waals surface area contributed by atoms with Crippen LogP contribution in [0.2, 0.25) is 5.02 Å². The molecular weight excluding hydrogens is 290 g/mol. The molecule has 106 valence electrons. The highest BCUT2D eigenvalue weighted by atomic mass is 35.5. The van der Waals surface area contributed by atoms with Crippen LogP contribution in [0, 0.1) is 0 Å². The summed E-state index contributed by atoms with van der Waals surface area (Å²) < 4.78 is 5.78. The molecule has 0 bridgehead atoms. The second-order valence-corrected chi connectivity index (χ2v) is 4.99. The van der Waals surface area contributed by atoms with Crippen molar-refractivity contribution in [3.63, 3.8) is 0 Å². The number of hydrogen-bond donors (Lipinski definition) is 2. The van der Waals surface area contributed by atoms with Gasteiger partial charge in [-0.3, -0.25) is 0 Å². The predicted octanol–water partition coefficient (Wildman–Crippen LogP) is 4.10. The van der Waals surface area contributed by atoms with Crippen molar-refractivity contribution < 1.29 is 14.6 Å². The largest absolute Gasteiger partial charge is 0.488 e. The fraction of sp³-hybridized carbons (Fsp3) is 0.0625. The highest BCUT2D eigenvalue weighted by molar-refractivity contribution is 6.31. The quantitative estimate of drug-likeness (QED) is 0.762. The Labute approximate surface area is 125 Å². The lowest BCUT2D eigenvalue weighted by molar-refractivity contribution is 0.0691.